The van der Waals surface area contributed by atoms with Crippen molar-refractivity contribution in [1.29, 1.82) is 0 Å². The molecule has 0 aliphatic heterocycles. The van der Waals surface area contributed by atoms with Crippen LogP contribution in [-0.2, 0) is 4.74 Å². The van der Waals surface area contributed by atoms with Crippen LogP contribution < -0.4 is 5.73 Å². The predicted molar refractivity (Wildman–Crippen MR) is 74.0 cm³/mol. The first-order valence-electron chi connectivity index (χ1n) is 7.41. The minimum atomic E-state index is 0.227. The van der Waals surface area contributed by atoms with E-state index in [0.717, 1.165) is 37.2 Å². The van der Waals surface area contributed by atoms with E-state index in [1.54, 1.807) is 0 Å². The third kappa shape index (κ3) is 4.97. The number of hydrogen-bond donors (Lipinski definition) is 1. The molecule has 0 radical (unpaired) electrons. The van der Waals surface area contributed by atoms with Crippen molar-refractivity contribution in [1.82, 2.24) is 0 Å². The van der Waals surface area contributed by atoms with Gasteiger partial charge in [0.2, 0.25) is 0 Å². The molecule has 0 spiro atoms. The molecule has 0 aromatic rings. The summed E-state index contributed by atoms with van der Waals surface area (Å²) in [4.78, 5) is 0. The normalized spacial score (nSPS) is 31.8. The average Bonchev–Trinajstić information content (AvgIpc) is 2.26. The summed E-state index contributed by atoms with van der Waals surface area (Å²) in [6.07, 6.45) is 6.59. The highest BCUT2D eigenvalue weighted by Gasteiger charge is 2.31. The molecular weight excluding hydrogens is 210 g/mol. The van der Waals surface area contributed by atoms with Crippen LogP contribution in [0.2, 0.25) is 0 Å². The maximum Gasteiger partial charge on any atom is 0.0621 e. The van der Waals surface area contributed by atoms with E-state index in [-0.39, 0.29) is 6.04 Å². The predicted octanol–water partition coefficient (Wildman–Crippen LogP) is 3.59. The van der Waals surface area contributed by atoms with E-state index in [9.17, 15) is 0 Å². The molecule has 0 aromatic carbocycles. The number of hydrogen-bond acceptors (Lipinski definition) is 2. The summed E-state index contributed by atoms with van der Waals surface area (Å²) in [6.45, 7) is 9.92. The van der Waals surface area contributed by atoms with Crippen molar-refractivity contribution in [3.63, 3.8) is 0 Å². The van der Waals surface area contributed by atoms with E-state index in [1.807, 2.05) is 0 Å². The Kier molecular flexibility index (Phi) is 6.50. The van der Waals surface area contributed by atoms with Crippen LogP contribution in [-0.4, -0.2) is 18.8 Å². The topological polar surface area (TPSA) is 35.2 Å². The lowest BCUT2D eigenvalue weighted by Gasteiger charge is -2.37. The second kappa shape index (κ2) is 7.38. The smallest absolute Gasteiger partial charge is 0.0621 e. The van der Waals surface area contributed by atoms with E-state index in [0.29, 0.717) is 6.10 Å². The molecule has 0 aromatic heterocycles. The van der Waals surface area contributed by atoms with Crippen LogP contribution in [0.5, 0.6) is 0 Å². The van der Waals surface area contributed by atoms with E-state index in [4.69, 9.17) is 10.5 Å². The third-order valence-corrected chi connectivity index (χ3v) is 4.15. The van der Waals surface area contributed by atoms with Gasteiger partial charge in [-0.3, -0.25) is 0 Å². The van der Waals surface area contributed by atoms with Gasteiger partial charge in [-0.1, -0.05) is 40.5 Å². The van der Waals surface area contributed by atoms with Crippen LogP contribution >= 0.6 is 0 Å². The van der Waals surface area contributed by atoms with Gasteiger partial charge in [0.1, 0.15) is 0 Å². The van der Waals surface area contributed by atoms with Gasteiger partial charge in [0.15, 0.2) is 0 Å². The molecule has 17 heavy (non-hydrogen) atoms. The van der Waals surface area contributed by atoms with Crippen LogP contribution in [0.25, 0.3) is 0 Å². The molecule has 4 atom stereocenters. The van der Waals surface area contributed by atoms with Crippen molar-refractivity contribution < 1.29 is 4.74 Å². The standard InChI is InChI=1S/C15H31NO/c1-5-6-13(16)10-17-15-9-12(4)7-8-14(15)11(2)3/h11-15H,5-10,16H2,1-4H3. The summed E-state index contributed by atoms with van der Waals surface area (Å²) >= 11 is 0. The van der Waals surface area contributed by atoms with E-state index >= 15 is 0 Å². The van der Waals surface area contributed by atoms with Crippen LogP contribution in [0.15, 0.2) is 0 Å². The summed E-state index contributed by atoms with van der Waals surface area (Å²) in [5.41, 5.74) is 6.03. The van der Waals surface area contributed by atoms with E-state index < -0.39 is 0 Å². The largest absolute Gasteiger partial charge is 0.376 e. The summed E-state index contributed by atoms with van der Waals surface area (Å²) in [5, 5.41) is 0. The molecule has 4 unspecified atom stereocenters. The molecule has 1 aliphatic carbocycles. The monoisotopic (exact) mass is 241 g/mol. The highest BCUT2D eigenvalue weighted by atomic mass is 16.5. The molecule has 0 saturated heterocycles. The zero-order valence-corrected chi connectivity index (χ0v) is 12.1. The molecule has 1 rings (SSSR count). The molecule has 2 N–H and O–H groups in total. The Balaban J connectivity index is 2.41. The zero-order chi connectivity index (χ0) is 12.8. The van der Waals surface area contributed by atoms with Crippen molar-refractivity contribution >= 4 is 0 Å². The summed E-state index contributed by atoms with van der Waals surface area (Å²) in [5.74, 6) is 2.28. The Bertz CT molecular complexity index is 205. The lowest BCUT2D eigenvalue weighted by atomic mass is 9.75. The van der Waals surface area contributed by atoms with Crippen LogP contribution in [0.1, 0.15) is 59.8 Å². The van der Waals surface area contributed by atoms with Crippen LogP contribution in [0.3, 0.4) is 0 Å². The molecule has 1 fully saturated rings. The SMILES string of the molecule is CCCC(N)COC1CC(C)CCC1C(C)C. The fourth-order valence-electron chi connectivity index (χ4n) is 3.01. The van der Waals surface area contributed by atoms with Crippen molar-refractivity contribution in [2.75, 3.05) is 6.61 Å². The molecule has 2 nitrogen and oxygen atoms in total. The van der Waals surface area contributed by atoms with Gasteiger partial charge in [-0.05, 0) is 37.0 Å². The second-order valence-corrected chi connectivity index (χ2v) is 6.25. The Morgan fingerprint density at radius 3 is 2.59 bits per heavy atom. The Hall–Kier alpha value is -0.0800. The molecule has 2 heteroatoms. The van der Waals surface area contributed by atoms with Crippen LogP contribution in [0, 0.1) is 17.8 Å². The van der Waals surface area contributed by atoms with Gasteiger partial charge in [-0.25, -0.2) is 0 Å². The molecule has 0 heterocycles. The summed E-state index contributed by atoms with van der Waals surface area (Å²) < 4.78 is 6.12. The van der Waals surface area contributed by atoms with E-state index in [2.05, 4.69) is 27.7 Å². The van der Waals surface area contributed by atoms with Gasteiger partial charge >= 0.3 is 0 Å². The van der Waals surface area contributed by atoms with Crippen molar-refractivity contribution in [3.05, 3.63) is 0 Å². The molecule has 1 saturated carbocycles. The van der Waals surface area contributed by atoms with Crippen molar-refractivity contribution in [2.45, 2.75) is 71.9 Å². The maximum atomic E-state index is 6.12. The van der Waals surface area contributed by atoms with Gasteiger partial charge in [-0.15, -0.1) is 0 Å². The lowest BCUT2D eigenvalue weighted by Crippen LogP contribution is -2.37. The first-order valence-corrected chi connectivity index (χ1v) is 7.41. The first kappa shape index (κ1) is 15.0. The van der Waals surface area contributed by atoms with Gasteiger partial charge in [0.05, 0.1) is 12.7 Å². The number of rotatable bonds is 6. The second-order valence-electron chi connectivity index (χ2n) is 6.25. The Morgan fingerprint density at radius 1 is 1.29 bits per heavy atom. The maximum absolute atomic E-state index is 6.12. The lowest BCUT2D eigenvalue weighted by molar-refractivity contribution is -0.0434. The van der Waals surface area contributed by atoms with Gasteiger partial charge < -0.3 is 10.5 Å². The molecule has 1 aliphatic rings. The van der Waals surface area contributed by atoms with Gasteiger partial charge in [0, 0.05) is 6.04 Å². The fraction of sp³-hybridized carbons (Fsp3) is 1.00. The highest BCUT2D eigenvalue weighted by molar-refractivity contribution is 4.81. The highest BCUT2D eigenvalue weighted by Crippen LogP contribution is 2.35. The third-order valence-electron chi connectivity index (χ3n) is 4.15. The van der Waals surface area contributed by atoms with Gasteiger partial charge in [-0.2, -0.15) is 0 Å². The quantitative estimate of drug-likeness (QED) is 0.771. The van der Waals surface area contributed by atoms with Crippen LogP contribution in [0.4, 0.5) is 0 Å². The van der Waals surface area contributed by atoms with Gasteiger partial charge in [0.25, 0.3) is 0 Å². The average molecular weight is 241 g/mol. The minimum Gasteiger partial charge on any atom is -0.376 e. The molecule has 0 amide bonds. The molecule has 102 valence electrons. The van der Waals surface area contributed by atoms with Crippen molar-refractivity contribution in [2.24, 2.45) is 23.5 Å². The first-order chi connectivity index (χ1) is 8.04. The molecule has 0 bridgehead atoms. The Morgan fingerprint density at radius 2 is 2.00 bits per heavy atom. The fourth-order valence-corrected chi connectivity index (χ4v) is 3.01. The zero-order valence-electron chi connectivity index (χ0n) is 12.1. The minimum absolute atomic E-state index is 0.227. The molecular formula is C15H31NO. The summed E-state index contributed by atoms with van der Waals surface area (Å²) in [6, 6.07) is 0.227. The Labute approximate surface area is 107 Å². The number of ether oxygens (including phenoxy) is 1. The summed E-state index contributed by atoms with van der Waals surface area (Å²) in [7, 11) is 0. The number of nitrogens with two attached hydrogens (primary N) is 1. The van der Waals surface area contributed by atoms with E-state index in [1.165, 1.54) is 19.3 Å². The van der Waals surface area contributed by atoms with Crippen molar-refractivity contribution in [3.8, 4) is 0 Å².